The number of benzene rings is 2. The number of para-hydroxylation sites is 1. The van der Waals surface area contributed by atoms with E-state index in [1.807, 2.05) is 24.3 Å². The second-order valence-corrected chi connectivity index (χ2v) is 5.85. The van der Waals surface area contributed by atoms with Crippen molar-refractivity contribution in [2.75, 3.05) is 12.4 Å². The van der Waals surface area contributed by atoms with Crippen molar-refractivity contribution in [2.24, 2.45) is 0 Å². The van der Waals surface area contributed by atoms with Crippen LogP contribution in [0.4, 0.5) is 11.4 Å². The Labute approximate surface area is 147 Å². The SMILES string of the molecule is COc1ccccc1-c1nc(C(=O)Nc2ccc([N+](=O)[O-])cc2)cs1. The number of nitro groups is 1. The Morgan fingerprint density at radius 3 is 2.60 bits per heavy atom. The molecule has 1 N–H and O–H groups in total. The molecule has 8 heteroatoms. The molecule has 0 aliphatic heterocycles. The first-order valence-corrected chi connectivity index (χ1v) is 8.11. The van der Waals surface area contributed by atoms with Crippen LogP contribution in [0.2, 0.25) is 0 Å². The molecule has 0 saturated heterocycles. The number of carbonyl (C=O) groups is 1. The quantitative estimate of drug-likeness (QED) is 0.552. The van der Waals surface area contributed by atoms with Gasteiger partial charge in [0.25, 0.3) is 11.6 Å². The van der Waals surface area contributed by atoms with E-state index in [0.29, 0.717) is 16.4 Å². The van der Waals surface area contributed by atoms with Crippen LogP contribution in [0.15, 0.2) is 53.9 Å². The van der Waals surface area contributed by atoms with Crippen LogP contribution in [0.1, 0.15) is 10.5 Å². The van der Waals surface area contributed by atoms with Crippen molar-refractivity contribution in [2.45, 2.75) is 0 Å². The molecule has 2 aromatic carbocycles. The Morgan fingerprint density at radius 2 is 1.92 bits per heavy atom. The minimum atomic E-state index is -0.494. The number of rotatable bonds is 5. The van der Waals surface area contributed by atoms with Crippen molar-refractivity contribution in [1.29, 1.82) is 0 Å². The second kappa shape index (κ2) is 7.10. The number of methoxy groups -OCH3 is 1. The minimum absolute atomic E-state index is 0.0369. The highest BCUT2D eigenvalue weighted by atomic mass is 32.1. The summed E-state index contributed by atoms with van der Waals surface area (Å²) in [6.45, 7) is 0. The molecule has 126 valence electrons. The van der Waals surface area contributed by atoms with Gasteiger partial charge in [-0.05, 0) is 24.3 Å². The zero-order valence-electron chi connectivity index (χ0n) is 13.1. The molecular weight excluding hydrogens is 342 g/mol. The number of amides is 1. The molecule has 0 spiro atoms. The average molecular weight is 355 g/mol. The van der Waals surface area contributed by atoms with Gasteiger partial charge in [0, 0.05) is 23.2 Å². The number of aromatic nitrogens is 1. The van der Waals surface area contributed by atoms with Gasteiger partial charge in [-0.15, -0.1) is 11.3 Å². The molecule has 0 aliphatic carbocycles. The molecule has 0 atom stereocenters. The molecular formula is C17H13N3O4S. The van der Waals surface area contributed by atoms with Crippen LogP contribution < -0.4 is 10.1 Å². The zero-order valence-corrected chi connectivity index (χ0v) is 13.9. The van der Waals surface area contributed by atoms with Crippen molar-refractivity contribution in [1.82, 2.24) is 4.98 Å². The maximum atomic E-state index is 12.3. The molecule has 0 aliphatic rings. The molecule has 3 aromatic rings. The standard InChI is InChI=1S/C17H13N3O4S/c1-24-15-5-3-2-4-13(15)17-19-14(10-25-17)16(21)18-11-6-8-12(9-7-11)20(22)23/h2-10H,1H3,(H,18,21). The molecule has 1 heterocycles. The third-order valence-corrected chi connectivity index (χ3v) is 4.29. The number of nitrogens with zero attached hydrogens (tertiary/aromatic N) is 2. The minimum Gasteiger partial charge on any atom is -0.496 e. The number of ether oxygens (including phenoxy) is 1. The Bertz CT molecular complexity index is 922. The van der Waals surface area contributed by atoms with Crippen LogP contribution in [0.5, 0.6) is 5.75 Å². The fourth-order valence-electron chi connectivity index (χ4n) is 2.18. The van der Waals surface area contributed by atoms with Gasteiger partial charge in [-0.3, -0.25) is 14.9 Å². The predicted octanol–water partition coefficient (Wildman–Crippen LogP) is 3.98. The van der Waals surface area contributed by atoms with Gasteiger partial charge in [-0.2, -0.15) is 0 Å². The predicted molar refractivity (Wildman–Crippen MR) is 95.2 cm³/mol. The van der Waals surface area contributed by atoms with Crippen LogP contribution >= 0.6 is 11.3 Å². The lowest BCUT2D eigenvalue weighted by Crippen LogP contribution is -2.12. The van der Waals surface area contributed by atoms with Gasteiger partial charge in [-0.25, -0.2) is 4.98 Å². The smallest absolute Gasteiger partial charge is 0.275 e. The lowest BCUT2D eigenvalue weighted by Gasteiger charge is -2.05. The number of carbonyl (C=O) groups excluding carboxylic acids is 1. The summed E-state index contributed by atoms with van der Waals surface area (Å²) in [5, 5.41) is 15.6. The van der Waals surface area contributed by atoms with E-state index in [0.717, 1.165) is 5.56 Å². The molecule has 0 radical (unpaired) electrons. The fraction of sp³-hybridized carbons (Fsp3) is 0.0588. The Kier molecular flexibility index (Phi) is 4.71. The van der Waals surface area contributed by atoms with E-state index in [1.165, 1.54) is 35.6 Å². The van der Waals surface area contributed by atoms with Crippen LogP contribution in [-0.2, 0) is 0 Å². The first-order chi connectivity index (χ1) is 12.1. The van der Waals surface area contributed by atoms with Crippen molar-refractivity contribution in [3.63, 3.8) is 0 Å². The third-order valence-electron chi connectivity index (χ3n) is 3.41. The molecule has 3 rings (SSSR count). The summed E-state index contributed by atoms with van der Waals surface area (Å²) in [6, 6.07) is 13.0. The summed E-state index contributed by atoms with van der Waals surface area (Å²) in [5.41, 5.74) is 1.50. The van der Waals surface area contributed by atoms with Crippen LogP contribution in [-0.4, -0.2) is 22.9 Å². The Hall–Kier alpha value is -3.26. The number of nitrogens with one attached hydrogen (secondary N) is 1. The van der Waals surface area contributed by atoms with Gasteiger partial charge in [0.1, 0.15) is 16.5 Å². The summed E-state index contributed by atoms with van der Waals surface area (Å²) in [6.07, 6.45) is 0. The van der Waals surface area contributed by atoms with Gasteiger partial charge in [0.05, 0.1) is 17.6 Å². The van der Waals surface area contributed by atoms with Gasteiger partial charge < -0.3 is 10.1 Å². The number of hydrogen-bond acceptors (Lipinski definition) is 6. The second-order valence-electron chi connectivity index (χ2n) is 5.00. The molecule has 1 amide bonds. The summed E-state index contributed by atoms with van der Waals surface area (Å²) < 4.78 is 5.31. The summed E-state index contributed by atoms with van der Waals surface area (Å²) in [5.74, 6) is 0.297. The first kappa shape index (κ1) is 16.6. The topological polar surface area (TPSA) is 94.4 Å². The third kappa shape index (κ3) is 3.64. The van der Waals surface area contributed by atoms with Gasteiger partial charge in [0.15, 0.2) is 0 Å². The molecule has 0 unspecified atom stereocenters. The number of thiazole rings is 1. The maximum absolute atomic E-state index is 12.3. The van der Waals surface area contributed by atoms with E-state index in [9.17, 15) is 14.9 Å². The van der Waals surface area contributed by atoms with E-state index in [2.05, 4.69) is 10.3 Å². The first-order valence-electron chi connectivity index (χ1n) is 7.23. The Morgan fingerprint density at radius 1 is 1.20 bits per heavy atom. The summed E-state index contributed by atoms with van der Waals surface area (Å²) >= 11 is 1.34. The van der Waals surface area contributed by atoms with E-state index in [-0.39, 0.29) is 17.3 Å². The number of hydrogen-bond donors (Lipinski definition) is 1. The van der Waals surface area contributed by atoms with E-state index in [4.69, 9.17) is 4.74 Å². The molecule has 0 bridgehead atoms. The van der Waals surface area contributed by atoms with Crippen molar-refractivity contribution >= 4 is 28.6 Å². The van der Waals surface area contributed by atoms with Crippen LogP contribution in [0.3, 0.4) is 0 Å². The van der Waals surface area contributed by atoms with Crippen molar-refractivity contribution in [3.8, 4) is 16.3 Å². The lowest BCUT2D eigenvalue weighted by atomic mass is 10.2. The lowest BCUT2D eigenvalue weighted by molar-refractivity contribution is -0.384. The highest BCUT2D eigenvalue weighted by Crippen LogP contribution is 2.32. The van der Waals surface area contributed by atoms with Crippen molar-refractivity contribution in [3.05, 3.63) is 69.7 Å². The highest BCUT2D eigenvalue weighted by molar-refractivity contribution is 7.13. The normalized spacial score (nSPS) is 10.3. The largest absolute Gasteiger partial charge is 0.496 e. The Balaban J connectivity index is 1.77. The van der Waals surface area contributed by atoms with Crippen LogP contribution in [0, 0.1) is 10.1 Å². The highest BCUT2D eigenvalue weighted by Gasteiger charge is 2.15. The molecule has 1 aromatic heterocycles. The summed E-state index contributed by atoms with van der Waals surface area (Å²) in [7, 11) is 1.58. The maximum Gasteiger partial charge on any atom is 0.275 e. The number of anilines is 1. The van der Waals surface area contributed by atoms with E-state index >= 15 is 0 Å². The number of nitro benzene ring substituents is 1. The van der Waals surface area contributed by atoms with E-state index in [1.54, 1.807) is 12.5 Å². The summed E-state index contributed by atoms with van der Waals surface area (Å²) in [4.78, 5) is 26.8. The van der Waals surface area contributed by atoms with Gasteiger partial charge in [-0.1, -0.05) is 12.1 Å². The molecule has 25 heavy (non-hydrogen) atoms. The fourth-order valence-corrected chi connectivity index (χ4v) is 3.01. The van der Waals surface area contributed by atoms with Gasteiger partial charge >= 0.3 is 0 Å². The zero-order chi connectivity index (χ0) is 17.8. The molecule has 0 fully saturated rings. The average Bonchev–Trinajstić information content (AvgIpc) is 3.12. The molecule has 0 saturated carbocycles. The van der Waals surface area contributed by atoms with Crippen LogP contribution in [0.25, 0.3) is 10.6 Å². The van der Waals surface area contributed by atoms with E-state index < -0.39 is 4.92 Å². The monoisotopic (exact) mass is 355 g/mol. The number of non-ortho nitro benzene ring substituents is 1. The van der Waals surface area contributed by atoms with Crippen molar-refractivity contribution < 1.29 is 14.5 Å². The molecule has 7 nitrogen and oxygen atoms in total. The van der Waals surface area contributed by atoms with Gasteiger partial charge in [0.2, 0.25) is 0 Å².